The fraction of sp³-hybridized carbons (Fsp3) is 0.103. The SMILES string of the molecule is COc1cc2nccc(Oc3ccc(N)nc3)c2cc1OC.COc1cc2nccc(Oc3ccc(NC(=O)Nc4ccccc4)nc3)c2cc1OC. The van der Waals surface area contributed by atoms with Gasteiger partial charge in [-0.05, 0) is 60.7 Å². The number of pyridine rings is 4. The summed E-state index contributed by atoms with van der Waals surface area (Å²) in [5.74, 6) is 5.59. The zero-order chi connectivity index (χ0) is 37.2. The molecule has 7 aromatic rings. The van der Waals surface area contributed by atoms with Gasteiger partial charge in [0.15, 0.2) is 23.0 Å². The number of urea groups is 1. The quantitative estimate of drug-likeness (QED) is 0.124. The van der Waals surface area contributed by atoms with Crippen LogP contribution in [0.25, 0.3) is 21.8 Å². The van der Waals surface area contributed by atoms with Gasteiger partial charge in [-0.2, -0.15) is 0 Å². The summed E-state index contributed by atoms with van der Waals surface area (Å²) in [4.78, 5) is 29.0. The second kappa shape index (κ2) is 16.6. The van der Waals surface area contributed by atoms with E-state index < -0.39 is 0 Å². The Morgan fingerprint density at radius 1 is 0.547 bits per heavy atom. The molecule has 0 bridgehead atoms. The predicted octanol–water partition coefficient (Wildman–Crippen LogP) is 8.10. The molecule has 14 heteroatoms. The van der Waals surface area contributed by atoms with E-state index in [1.807, 2.05) is 36.4 Å². The monoisotopic (exact) mass is 713 g/mol. The minimum absolute atomic E-state index is 0.381. The number of para-hydroxylation sites is 1. The number of nitrogens with two attached hydrogens (primary N) is 1. The van der Waals surface area contributed by atoms with Crippen molar-refractivity contribution in [2.24, 2.45) is 0 Å². The number of anilines is 3. The second-order valence-electron chi connectivity index (χ2n) is 11.0. The van der Waals surface area contributed by atoms with E-state index in [4.69, 9.17) is 34.2 Å². The molecular formula is C39H35N7O7. The number of rotatable bonds is 10. The molecule has 0 radical (unpaired) electrons. The Hall–Kier alpha value is -7.35. The average Bonchev–Trinajstić information content (AvgIpc) is 3.19. The molecule has 4 heterocycles. The Bertz CT molecular complexity index is 2330. The van der Waals surface area contributed by atoms with Crippen molar-refractivity contribution < 1.29 is 33.2 Å². The molecule has 4 aromatic heterocycles. The highest BCUT2D eigenvalue weighted by Crippen LogP contribution is 2.38. The summed E-state index contributed by atoms with van der Waals surface area (Å²) in [6, 6.07) is 26.4. The molecule has 14 nitrogen and oxygen atoms in total. The van der Waals surface area contributed by atoms with Crippen LogP contribution in [0, 0.1) is 0 Å². The first-order valence-corrected chi connectivity index (χ1v) is 16.0. The van der Waals surface area contributed by atoms with Gasteiger partial charge in [0.1, 0.15) is 34.6 Å². The molecular weight excluding hydrogens is 678 g/mol. The fourth-order valence-electron chi connectivity index (χ4n) is 5.09. The first-order valence-electron chi connectivity index (χ1n) is 16.0. The van der Waals surface area contributed by atoms with Crippen molar-refractivity contribution >= 4 is 45.2 Å². The van der Waals surface area contributed by atoms with Crippen molar-refractivity contribution in [3.8, 4) is 46.0 Å². The largest absolute Gasteiger partial charge is 0.493 e. The van der Waals surface area contributed by atoms with Gasteiger partial charge >= 0.3 is 6.03 Å². The third kappa shape index (κ3) is 8.69. The summed E-state index contributed by atoms with van der Waals surface area (Å²) in [5, 5.41) is 7.00. The molecule has 0 atom stereocenters. The van der Waals surface area contributed by atoms with Crippen LogP contribution in [0.5, 0.6) is 46.0 Å². The lowest BCUT2D eigenvalue weighted by atomic mass is 10.2. The summed E-state index contributed by atoms with van der Waals surface area (Å²) < 4.78 is 33.2. The van der Waals surface area contributed by atoms with Gasteiger partial charge in [0.05, 0.1) is 51.9 Å². The number of benzene rings is 3. The van der Waals surface area contributed by atoms with Crippen molar-refractivity contribution in [1.82, 2.24) is 19.9 Å². The number of ether oxygens (including phenoxy) is 6. The van der Waals surface area contributed by atoms with Crippen molar-refractivity contribution in [3.63, 3.8) is 0 Å². The maximum absolute atomic E-state index is 12.1. The molecule has 0 saturated carbocycles. The molecule has 53 heavy (non-hydrogen) atoms. The van der Waals surface area contributed by atoms with Crippen LogP contribution in [0.4, 0.5) is 22.1 Å². The summed E-state index contributed by atoms with van der Waals surface area (Å²) in [7, 11) is 6.32. The van der Waals surface area contributed by atoms with Gasteiger partial charge in [-0.15, -0.1) is 0 Å². The average molecular weight is 714 g/mol. The number of amides is 2. The molecule has 0 aliphatic heterocycles. The highest BCUT2D eigenvalue weighted by molar-refractivity contribution is 5.99. The van der Waals surface area contributed by atoms with Crippen LogP contribution in [0.15, 0.2) is 116 Å². The van der Waals surface area contributed by atoms with Crippen molar-refractivity contribution in [1.29, 1.82) is 0 Å². The third-order valence-electron chi connectivity index (χ3n) is 7.64. The van der Waals surface area contributed by atoms with Crippen molar-refractivity contribution in [3.05, 3.63) is 116 Å². The predicted molar refractivity (Wildman–Crippen MR) is 202 cm³/mol. The van der Waals surface area contributed by atoms with Gasteiger partial charge in [-0.1, -0.05) is 18.2 Å². The van der Waals surface area contributed by atoms with Crippen LogP contribution in [-0.2, 0) is 0 Å². The number of nitrogens with zero attached hydrogens (tertiary/aromatic N) is 4. The van der Waals surface area contributed by atoms with E-state index in [0.717, 1.165) is 16.3 Å². The minimum atomic E-state index is -0.381. The highest BCUT2D eigenvalue weighted by atomic mass is 16.5. The molecule has 7 rings (SSSR count). The number of fused-ring (bicyclic) bond motifs is 2. The van der Waals surface area contributed by atoms with E-state index in [9.17, 15) is 4.79 Å². The van der Waals surface area contributed by atoms with Crippen LogP contribution < -0.4 is 44.8 Å². The number of carbonyl (C=O) groups excluding carboxylic acids is 1. The lowest BCUT2D eigenvalue weighted by Crippen LogP contribution is -2.19. The Morgan fingerprint density at radius 3 is 1.53 bits per heavy atom. The normalized spacial score (nSPS) is 10.4. The van der Waals surface area contributed by atoms with Gasteiger partial charge in [0.2, 0.25) is 0 Å². The van der Waals surface area contributed by atoms with Gasteiger partial charge in [0, 0.05) is 41.0 Å². The topological polar surface area (TPSA) is 174 Å². The second-order valence-corrected chi connectivity index (χ2v) is 11.0. The lowest BCUT2D eigenvalue weighted by molar-refractivity contribution is 0.262. The van der Waals surface area contributed by atoms with Gasteiger partial charge in [-0.25, -0.2) is 14.8 Å². The Kier molecular flexibility index (Phi) is 11.1. The Balaban J connectivity index is 0.000000192. The summed E-state index contributed by atoms with van der Waals surface area (Å²) in [6.07, 6.45) is 6.43. The van der Waals surface area contributed by atoms with Crippen LogP contribution in [-0.4, -0.2) is 54.4 Å². The number of carbonyl (C=O) groups is 1. The van der Waals surface area contributed by atoms with E-state index in [1.54, 1.807) is 102 Å². The molecule has 3 aromatic carbocycles. The summed E-state index contributed by atoms with van der Waals surface area (Å²) in [5.41, 5.74) is 7.72. The Morgan fingerprint density at radius 2 is 1.06 bits per heavy atom. The van der Waals surface area contributed by atoms with E-state index >= 15 is 0 Å². The number of hydrogen-bond acceptors (Lipinski definition) is 12. The van der Waals surface area contributed by atoms with E-state index in [1.165, 1.54) is 6.20 Å². The van der Waals surface area contributed by atoms with Crippen LogP contribution in [0.2, 0.25) is 0 Å². The summed E-state index contributed by atoms with van der Waals surface area (Å²) >= 11 is 0. The minimum Gasteiger partial charge on any atom is -0.493 e. The molecule has 2 amide bonds. The lowest BCUT2D eigenvalue weighted by Gasteiger charge is -2.12. The number of nitrogen functional groups attached to an aromatic ring is 1. The van der Waals surface area contributed by atoms with Crippen molar-refractivity contribution in [2.75, 3.05) is 44.8 Å². The molecule has 0 fully saturated rings. The third-order valence-corrected chi connectivity index (χ3v) is 7.64. The van der Waals surface area contributed by atoms with Gasteiger partial charge in [0.25, 0.3) is 0 Å². The molecule has 0 aliphatic rings. The smallest absolute Gasteiger partial charge is 0.324 e. The molecule has 0 aliphatic carbocycles. The maximum Gasteiger partial charge on any atom is 0.324 e. The number of hydrogen-bond donors (Lipinski definition) is 3. The zero-order valence-electron chi connectivity index (χ0n) is 29.2. The zero-order valence-corrected chi connectivity index (χ0v) is 29.2. The number of aromatic nitrogens is 4. The van der Waals surface area contributed by atoms with E-state index in [0.29, 0.717) is 68.8 Å². The number of methoxy groups -OCH3 is 4. The first kappa shape index (κ1) is 35.5. The molecule has 4 N–H and O–H groups in total. The molecule has 0 saturated heterocycles. The number of nitrogens with one attached hydrogen (secondary N) is 2. The Labute approximate surface area is 304 Å². The first-order chi connectivity index (χ1) is 25.9. The van der Waals surface area contributed by atoms with Crippen molar-refractivity contribution in [2.45, 2.75) is 0 Å². The van der Waals surface area contributed by atoms with Crippen LogP contribution in [0.3, 0.4) is 0 Å². The van der Waals surface area contributed by atoms with Gasteiger partial charge in [-0.3, -0.25) is 15.3 Å². The summed E-state index contributed by atoms with van der Waals surface area (Å²) in [6.45, 7) is 0. The van der Waals surface area contributed by atoms with E-state index in [2.05, 4.69) is 30.6 Å². The molecule has 268 valence electrons. The van der Waals surface area contributed by atoms with Gasteiger partial charge < -0.3 is 39.5 Å². The molecule has 0 spiro atoms. The fourth-order valence-corrected chi connectivity index (χ4v) is 5.09. The highest BCUT2D eigenvalue weighted by Gasteiger charge is 2.13. The van der Waals surface area contributed by atoms with Crippen LogP contribution in [0.1, 0.15) is 0 Å². The molecule has 0 unspecified atom stereocenters. The van der Waals surface area contributed by atoms with Crippen LogP contribution >= 0.6 is 0 Å². The maximum atomic E-state index is 12.1. The van der Waals surface area contributed by atoms with E-state index in [-0.39, 0.29) is 6.03 Å². The standard InChI is InChI=1S/C23H20N4O4.C16H15N3O3/c1-29-20-12-17-18(13-21(20)30-2)24-11-10-19(17)31-16-8-9-22(25-14-16)27-23(28)26-15-6-4-3-5-7-15;1-20-14-7-11-12(8-15(14)21-2)18-6-5-13(11)22-10-3-4-16(17)19-9-10/h3-14H,1-2H3,(H2,25,26,27,28);3-9H,1-2H3,(H2,17,19).